The molecule has 196 valence electrons. The Morgan fingerprint density at radius 2 is 1.61 bits per heavy atom. The van der Waals surface area contributed by atoms with Crippen molar-refractivity contribution in [1.29, 1.82) is 0 Å². The summed E-state index contributed by atoms with van der Waals surface area (Å²) in [5.41, 5.74) is -0.717. The van der Waals surface area contributed by atoms with Gasteiger partial charge < -0.3 is 13.9 Å². The van der Waals surface area contributed by atoms with Crippen molar-refractivity contribution >= 4 is 14.3 Å². The number of benzene rings is 2. The Morgan fingerprint density at radius 1 is 1.00 bits per heavy atom. The van der Waals surface area contributed by atoms with Crippen LogP contribution in [-0.2, 0) is 32.2 Å². The van der Waals surface area contributed by atoms with Crippen LogP contribution in [0.4, 0.5) is 13.2 Å². The number of alkyl halides is 3. The van der Waals surface area contributed by atoms with Gasteiger partial charge in [-0.2, -0.15) is 13.2 Å². The molecular weight excluding hydrogens is 485 g/mol. The van der Waals surface area contributed by atoms with Gasteiger partial charge in [0.1, 0.15) is 17.8 Å². The molecule has 0 fully saturated rings. The van der Waals surface area contributed by atoms with E-state index < -0.39 is 37.5 Å². The number of esters is 1. The molecule has 0 bridgehead atoms. The Balaban J connectivity index is 2.01. The quantitative estimate of drug-likeness (QED) is 0.186. The molecule has 4 nitrogen and oxygen atoms in total. The molecule has 1 aliphatic carbocycles. The summed E-state index contributed by atoms with van der Waals surface area (Å²) in [6.07, 6.45) is -0.196. The van der Waals surface area contributed by atoms with Gasteiger partial charge in [0.15, 0.2) is 8.32 Å². The van der Waals surface area contributed by atoms with Gasteiger partial charge in [0.2, 0.25) is 0 Å². The van der Waals surface area contributed by atoms with E-state index in [0.29, 0.717) is 24.2 Å². The maximum absolute atomic E-state index is 13.9. The van der Waals surface area contributed by atoms with Crippen molar-refractivity contribution in [3.8, 4) is 5.75 Å². The van der Waals surface area contributed by atoms with Crippen molar-refractivity contribution in [2.24, 2.45) is 0 Å². The number of rotatable bonds is 10. The number of hydrogen-bond donors (Lipinski definition) is 0. The van der Waals surface area contributed by atoms with Gasteiger partial charge in [-0.05, 0) is 66.4 Å². The summed E-state index contributed by atoms with van der Waals surface area (Å²) in [4.78, 5) is 13.9. The third-order valence-electron chi connectivity index (χ3n) is 7.43. The van der Waals surface area contributed by atoms with Crippen LogP contribution < -0.4 is 4.74 Å². The van der Waals surface area contributed by atoms with Crippen molar-refractivity contribution in [1.82, 2.24) is 0 Å². The van der Waals surface area contributed by atoms with Crippen LogP contribution in [0.15, 0.2) is 60.7 Å². The predicted molar refractivity (Wildman–Crippen MR) is 136 cm³/mol. The third kappa shape index (κ3) is 5.86. The van der Waals surface area contributed by atoms with Gasteiger partial charge in [0, 0.05) is 0 Å². The van der Waals surface area contributed by atoms with Crippen LogP contribution in [0.25, 0.3) is 0 Å². The molecule has 0 aromatic heterocycles. The molecule has 0 amide bonds. The number of allylic oxidation sites excluding steroid dienone is 1. The van der Waals surface area contributed by atoms with E-state index in [9.17, 15) is 18.0 Å². The maximum Gasteiger partial charge on any atom is 0.416 e. The summed E-state index contributed by atoms with van der Waals surface area (Å²) in [5.74, 6) is 0.204. The second-order valence-electron chi connectivity index (χ2n) is 9.22. The Bertz CT molecular complexity index is 1020. The summed E-state index contributed by atoms with van der Waals surface area (Å²) in [7, 11) is -0.588. The van der Waals surface area contributed by atoms with Crippen LogP contribution >= 0.6 is 0 Å². The highest BCUT2D eigenvalue weighted by Crippen LogP contribution is 2.43. The first-order valence-electron chi connectivity index (χ1n) is 12.5. The van der Waals surface area contributed by atoms with Crippen LogP contribution in [0.1, 0.15) is 50.3 Å². The second-order valence-corrected chi connectivity index (χ2v) is 13.9. The minimum absolute atomic E-state index is 0.0412. The van der Waals surface area contributed by atoms with Gasteiger partial charge in [-0.25, -0.2) is 0 Å². The number of methoxy groups -OCH3 is 1. The van der Waals surface area contributed by atoms with E-state index in [2.05, 4.69) is 20.8 Å². The van der Waals surface area contributed by atoms with E-state index in [-0.39, 0.29) is 6.61 Å². The molecule has 0 heterocycles. The van der Waals surface area contributed by atoms with Gasteiger partial charge in [0.05, 0.1) is 18.8 Å². The predicted octanol–water partition coefficient (Wildman–Crippen LogP) is 7.44. The van der Waals surface area contributed by atoms with Crippen molar-refractivity contribution in [3.05, 3.63) is 77.4 Å². The minimum Gasteiger partial charge on any atom is -0.497 e. The second kappa shape index (κ2) is 11.6. The van der Waals surface area contributed by atoms with Crippen molar-refractivity contribution in [2.75, 3.05) is 7.11 Å². The van der Waals surface area contributed by atoms with Crippen molar-refractivity contribution in [2.45, 2.75) is 76.0 Å². The Kier molecular flexibility index (Phi) is 9.06. The van der Waals surface area contributed by atoms with Crippen LogP contribution in [0.3, 0.4) is 0 Å². The van der Waals surface area contributed by atoms with E-state index in [4.69, 9.17) is 13.9 Å². The highest BCUT2D eigenvalue weighted by Gasteiger charge is 2.51. The van der Waals surface area contributed by atoms with Crippen LogP contribution in [0, 0.1) is 0 Å². The number of carbonyl (C=O) groups is 1. The van der Waals surface area contributed by atoms with E-state index >= 15 is 0 Å². The summed E-state index contributed by atoms with van der Waals surface area (Å²) < 4.78 is 57.7. The lowest BCUT2D eigenvalue weighted by Gasteiger charge is -2.44. The Labute approximate surface area is 212 Å². The zero-order valence-electron chi connectivity index (χ0n) is 21.4. The fourth-order valence-corrected chi connectivity index (χ4v) is 7.67. The zero-order valence-corrected chi connectivity index (χ0v) is 22.4. The highest BCUT2D eigenvalue weighted by molar-refractivity contribution is 6.73. The van der Waals surface area contributed by atoms with E-state index in [0.717, 1.165) is 35.8 Å². The standard InChI is InChI=1S/C28H35F3O4Si/c1-5-36(6-2,7-3)35-25-10-8-9-19-27(25,22-13-15-23(16-14-22)28(29,30)31)26(32)34-20-21-11-17-24(33-4)18-12-21/h8,10-18,25H,5-7,9,19-20H2,1-4H3/t25?,27-/m1/s1. The lowest BCUT2D eigenvalue weighted by molar-refractivity contribution is -0.156. The van der Waals surface area contributed by atoms with E-state index in [1.165, 1.54) is 12.1 Å². The SMILES string of the molecule is CC[Si](CC)(CC)OC1C=CCC[C@@]1(C(=O)OCc1ccc(OC)cc1)c1ccc(C(F)(F)F)cc1. The molecule has 1 aliphatic rings. The Hall–Kier alpha value is -2.58. The van der Waals surface area contributed by atoms with Gasteiger partial charge in [0.25, 0.3) is 0 Å². The number of carbonyl (C=O) groups excluding carboxylic acids is 1. The summed E-state index contributed by atoms with van der Waals surface area (Å²) in [5, 5.41) is 0. The lowest BCUT2D eigenvalue weighted by Crippen LogP contribution is -2.54. The molecule has 2 atom stereocenters. The third-order valence-corrected chi connectivity index (χ3v) is 12.1. The number of hydrogen-bond acceptors (Lipinski definition) is 4. The van der Waals surface area contributed by atoms with E-state index in [1.807, 2.05) is 24.3 Å². The molecule has 2 aromatic carbocycles. The molecule has 0 radical (unpaired) electrons. The van der Waals surface area contributed by atoms with Crippen molar-refractivity contribution in [3.63, 3.8) is 0 Å². The fourth-order valence-electron chi connectivity index (χ4n) is 4.85. The van der Waals surface area contributed by atoms with Gasteiger partial charge >= 0.3 is 12.1 Å². The average molecular weight is 521 g/mol. The smallest absolute Gasteiger partial charge is 0.416 e. The molecule has 0 saturated carbocycles. The largest absolute Gasteiger partial charge is 0.497 e. The molecule has 36 heavy (non-hydrogen) atoms. The molecule has 8 heteroatoms. The van der Waals surface area contributed by atoms with Crippen molar-refractivity contribution < 1.29 is 31.9 Å². The van der Waals surface area contributed by atoms with Gasteiger partial charge in [-0.15, -0.1) is 0 Å². The Morgan fingerprint density at radius 3 is 2.14 bits per heavy atom. The highest BCUT2D eigenvalue weighted by atomic mass is 28.4. The topological polar surface area (TPSA) is 44.8 Å². The molecule has 2 aromatic rings. The molecule has 3 rings (SSSR count). The first-order chi connectivity index (χ1) is 17.1. The summed E-state index contributed by atoms with van der Waals surface area (Å²) >= 11 is 0. The van der Waals surface area contributed by atoms with E-state index in [1.54, 1.807) is 19.2 Å². The molecule has 0 N–H and O–H groups in total. The number of ether oxygens (including phenoxy) is 2. The summed E-state index contributed by atoms with van der Waals surface area (Å²) in [6.45, 7) is 6.36. The maximum atomic E-state index is 13.9. The first kappa shape index (κ1) is 28.0. The normalized spacial score (nSPS) is 20.2. The zero-order chi connectivity index (χ0) is 26.4. The molecule has 1 unspecified atom stereocenters. The van der Waals surface area contributed by atoms with Crippen LogP contribution in [-0.4, -0.2) is 27.5 Å². The molecule has 0 aliphatic heterocycles. The monoisotopic (exact) mass is 520 g/mol. The lowest BCUT2D eigenvalue weighted by atomic mass is 9.69. The molecular formula is C28H35F3O4Si. The van der Waals surface area contributed by atoms with Crippen LogP contribution in [0.5, 0.6) is 5.75 Å². The fraction of sp³-hybridized carbons (Fsp3) is 0.464. The first-order valence-corrected chi connectivity index (χ1v) is 15.0. The summed E-state index contributed by atoms with van der Waals surface area (Å²) in [6, 6.07) is 14.7. The minimum atomic E-state index is -4.46. The van der Waals surface area contributed by atoms with Gasteiger partial charge in [-0.1, -0.05) is 57.2 Å². The van der Waals surface area contributed by atoms with Gasteiger partial charge in [-0.3, -0.25) is 4.79 Å². The number of halogens is 3. The molecule has 0 saturated heterocycles. The molecule has 0 spiro atoms. The average Bonchev–Trinajstić information content (AvgIpc) is 2.90. The van der Waals surface area contributed by atoms with Crippen LogP contribution in [0.2, 0.25) is 18.1 Å².